The van der Waals surface area contributed by atoms with Crippen molar-refractivity contribution >= 4 is 11.9 Å². The Morgan fingerprint density at radius 1 is 1.40 bits per heavy atom. The van der Waals surface area contributed by atoms with Crippen molar-refractivity contribution < 1.29 is 14.7 Å². The second kappa shape index (κ2) is 7.04. The molecule has 0 saturated heterocycles. The molecule has 6 nitrogen and oxygen atoms in total. The Morgan fingerprint density at radius 2 is 2.05 bits per heavy atom. The third-order valence-electron chi connectivity index (χ3n) is 3.60. The second-order valence-corrected chi connectivity index (χ2v) is 5.16. The van der Waals surface area contributed by atoms with Crippen molar-refractivity contribution in [3.8, 4) is 12.3 Å². The lowest BCUT2D eigenvalue weighted by molar-refractivity contribution is -0.143. The van der Waals surface area contributed by atoms with Crippen LogP contribution in [-0.2, 0) is 9.59 Å². The maximum absolute atomic E-state index is 11.8. The van der Waals surface area contributed by atoms with Crippen LogP contribution in [0.15, 0.2) is 10.2 Å². The van der Waals surface area contributed by atoms with Gasteiger partial charge < -0.3 is 10.4 Å². The Labute approximate surface area is 119 Å². The molecular formula is C14H21N3O3. The number of carboxylic acids is 1. The maximum Gasteiger partial charge on any atom is 0.326 e. The van der Waals surface area contributed by atoms with Crippen LogP contribution >= 0.6 is 0 Å². The molecule has 0 aliphatic carbocycles. The van der Waals surface area contributed by atoms with Gasteiger partial charge in [0.15, 0.2) is 5.66 Å². The van der Waals surface area contributed by atoms with Crippen LogP contribution in [0.25, 0.3) is 0 Å². The van der Waals surface area contributed by atoms with Gasteiger partial charge in [-0.3, -0.25) is 4.79 Å². The van der Waals surface area contributed by atoms with E-state index in [1.165, 1.54) is 0 Å². The van der Waals surface area contributed by atoms with Gasteiger partial charge >= 0.3 is 5.97 Å². The highest BCUT2D eigenvalue weighted by atomic mass is 16.4. The molecule has 1 aliphatic rings. The zero-order valence-corrected chi connectivity index (χ0v) is 11.9. The largest absolute Gasteiger partial charge is 0.480 e. The summed E-state index contributed by atoms with van der Waals surface area (Å²) in [5.74, 6) is 1.13. The first kappa shape index (κ1) is 16.2. The topological polar surface area (TPSA) is 91.1 Å². The van der Waals surface area contributed by atoms with Gasteiger partial charge in [-0.1, -0.05) is 20.3 Å². The maximum atomic E-state index is 11.8. The summed E-state index contributed by atoms with van der Waals surface area (Å²) in [6.07, 6.45) is 7.78. The zero-order valence-electron chi connectivity index (χ0n) is 11.9. The summed E-state index contributed by atoms with van der Waals surface area (Å²) in [4.78, 5) is 22.9. The fourth-order valence-corrected chi connectivity index (χ4v) is 1.91. The fraction of sp³-hybridized carbons (Fsp3) is 0.714. The predicted molar refractivity (Wildman–Crippen MR) is 73.9 cm³/mol. The van der Waals surface area contributed by atoms with Crippen molar-refractivity contribution in [1.29, 1.82) is 0 Å². The summed E-state index contributed by atoms with van der Waals surface area (Å²) in [5.41, 5.74) is -0.501. The van der Waals surface area contributed by atoms with Crippen LogP contribution in [0.5, 0.6) is 0 Å². The summed E-state index contributed by atoms with van der Waals surface area (Å²) in [6, 6.07) is -0.845. The van der Waals surface area contributed by atoms with Gasteiger partial charge in [0.05, 0.1) is 0 Å². The van der Waals surface area contributed by atoms with Gasteiger partial charge in [-0.05, 0) is 5.92 Å². The number of carbonyl (C=O) groups is 2. The van der Waals surface area contributed by atoms with Crippen molar-refractivity contribution in [1.82, 2.24) is 5.32 Å². The fourth-order valence-electron chi connectivity index (χ4n) is 1.91. The molecule has 110 valence electrons. The quantitative estimate of drug-likeness (QED) is 0.632. The molecule has 0 saturated carbocycles. The van der Waals surface area contributed by atoms with E-state index in [9.17, 15) is 9.59 Å². The van der Waals surface area contributed by atoms with Crippen LogP contribution in [0.2, 0.25) is 0 Å². The number of hydrogen-bond donors (Lipinski definition) is 2. The van der Waals surface area contributed by atoms with E-state index < -0.39 is 17.7 Å². The number of aliphatic carboxylic acids is 1. The number of terminal acetylenes is 1. The lowest BCUT2D eigenvalue weighted by Gasteiger charge is -2.20. The Hall–Kier alpha value is -1.90. The normalized spacial score (nSPS) is 17.9. The first-order chi connectivity index (χ1) is 9.44. The molecule has 2 N–H and O–H groups in total. The minimum atomic E-state index is -1.00. The highest BCUT2D eigenvalue weighted by Crippen LogP contribution is 2.37. The molecule has 0 aromatic carbocycles. The van der Waals surface area contributed by atoms with Gasteiger partial charge in [0.2, 0.25) is 5.91 Å². The number of carboxylic acid groups (broad SMARTS) is 1. The first-order valence-electron chi connectivity index (χ1n) is 6.84. The van der Waals surface area contributed by atoms with Gasteiger partial charge in [0, 0.05) is 25.7 Å². The highest BCUT2D eigenvalue weighted by Gasteiger charge is 2.39. The van der Waals surface area contributed by atoms with Crippen LogP contribution in [0, 0.1) is 18.3 Å². The second-order valence-electron chi connectivity index (χ2n) is 5.16. The van der Waals surface area contributed by atoms with Gasteiger partial charge in [0.25, 0.3) is 0 Å². The molecule has 0 aromatic heterocycles. The monoisotopic (exact) mass is 279 g/mol. The molecule has 0 unspecified atom stereocenters. The van der Waals surface area contributed by atoms with Gasteiger partial charge in [0.1, 0.15) is 6.04 Å². The number of nitrogens with one attached hydrogen (secondary N) is 1. The number of hydrogen-bond acceptors (Lipinski definition) is 4. The number of amides is 1. The van der Waals surface area contributed by atoms with Crippen molar-refractivity contribution in [3.05, 3.63) is 0 Å². The molecule has 6 heteroatoms. The predicted octanol–water partition coefficient (Wildman–Crippen LogP) is 1.96. The van der Waals surface area contributed by atoms with E-state index in [-0.39, 0.29) is 18.2 Å². The van der Waals surface area contributed by atoms with Crippen LogP contribution in [0.4, 0.5) is 0 Å². The van der Waals surface area contributed by atoms with Crippen LogP contribution in [0.3, 0.4) is 0 Å². The van der Waals surface area contributed by atoms with E-state index in [0.717, 1.165) is 0 Å². The molecule has 2 atom stereocenters. The zero-order chi connectivity index (χ0) is 15.2. The minimum absolute atomic E-state index is 0.109. The van der Waals surface area contributed by atoms with Gasteiger partial charge in [-0.15, -0.1) is 12.3 Å². The summed E-state index contributed by atoms with van der Waals surface area (Å²) in [7, 11) is 0. The lowest BCUT2D eigenvalue weighted by Crippen LogP contribution is -2.45. The SMILES string of the molecule is C#CCCC1(CCC(=O)N[C@H](C(=O)O)[C@@H](C)CC)N=N1. The molecule has 0 radical (unpaired) electrons. The van der Waals surface area contributed by atoms with E-state index in [1.807, 2.05) is 6.92 Å². The van der Waals surface area contributed by atoms with Crippen molar-refractivity contribution in [3.63, 3.8) is 0 Å². The average molecular weight is 279 g/mol. The third-order valence-corrected chi connectivity index (χ3v) is 3.60. The molecule has 20 heavy (non-hydrogen) atoms. The first-order valence-corrected chi connectivity index (χ1v) is 6.84. The lowest BCUT2D eigenvalue weighted by atomic mass is 9.98. The van der Waals surface area contributed by atoms with Crippen LogP contribution in [0.1, 0.15) is 46.0 Å². The minimum Gasteiger partial charge on any atom is -0.480 e. The van der Waals surface area contributed by atoms with E-state index in [0.29, 0.717) is 25.7 Å². The molecule has 1 heterocycles. The molecule has 0 aromatic rings. The van der Waals surface area contributed by atoms with E-state index in [4.69, 9.17) is 11.5 Å². The Morgan fingerprint density at radius 3 is 2.50 bits per heavy atom. The molecule has 1 aliphatic heterocycles. The Balaban J connectivity index is 2.39. The number of carbonyl (C=O) groups excluding carboxylic acids is 1. The van der Waals surface area contributed by atoms with Gasteiger partial charge in [-0.2, -0.15) is 10.2 Å². The third kappa shape index (κ3) is 4.65. The summed E-state index contributed by atoms with van der Waals surface area (Å²) in [6.45, 7) is 3.70. The molecule has 0 bridgehead atoms. The molecule has 0 fully saturated rings. The van der Waals surface area contributed by atoms with Crippen molar-refractivity contribution in [2.45, 2.75) is 57.7 Å². The molecule has 1 amide bonds. The highest BCUT2D eigenvalue weighted by molar-refractivity contribution is 5.83. The molecule has 1 rings (SSSR count). The molecular weight excluding hydrogens is 258 g/mol. The number of nitrogens with zero attached hydrogens (tertiary/aromatic N) is 2. The standard InChI is InChI=1S/C14H21N3O3/c1-4-6-8-14(16-17-14)9-7-11(18)15-12(13(19)20)10(3)5-2/h1,10,12H,5-9H2,2-3H3,(H,15,18)(H,19,20)/t10-,12-/m0/s1. The summed E-state index contributed by atoms with van der Waals surface area (Å²) < 4.78 is 0. The Bertz CT molecular complexity index is 433. The Kier molecular flexibility index (Phi) is 5.68. The van der Waals surface area contributed by atoms with Crippen molar-refractivity contribution in [2.75, 3.05) is 0 Å². The van der Waals surface area contributed by atoms with E-state index >= 15 is 0 Å². The smallest absolute Gasteiger partial charge is 0.326 e. The van der Waals surface area contributed by atoms with Gasteiger partial charge in [-0.25, -0.2) is 4.79 Å². The van der Waals surface area contributed by atoms with E-state index in [1.54, 1.807) is 6.92 Å². The summed E-state index contributed by atoms with van der Waals surface area (Å²) >= 11 is 0. The summed E-state index contributed by atoms with van der Waals surface area (Å²) in [5, 5.41) is 19.6. The van der Waals surface area contributed by atoms with Crippen LogP contribution in [-0.4, -0.2) is 28.7 Å². The average Bonchev–Trinajstić information content (AvgIpc) is 3.19. The number of rotatable bonds is 9. The molecule has 0 spiro atoms. The van der Waals surface area contributed by atoms with Crippen molar-refractivity contribution in [2.24, 2.45) is 16.1 Å². The van der Waals surface area contributed by atoms with Crippen LogP contribution < -0.4 is 5.32 Å². The van der Waals surface area contributed by atoms with E-state index in [2.05, 4.69) is 21.5 Å².